The Morgan fingerprint density at radius 2 is 2.33 bits per heavy atom. The average Bonchev–Trinajstić information content (AvgIpc) is 2.70. The van der Waals surface area contributed by atoms with Crippen LogP contribution in [0.2, 0.25) is 0 Å². The lowest BCUT2D eigenvalue weighted by atomic mass is 10.2. The number of amides is 1. The zero-order chi connectivity index (χ0) is 10.7. The predicted molar refractivity (Wildman–Crippen MR) is 64.2 cm³/mol. The first-order chi connectivity index (χ1) is 7.25. The smallest absolute Gasteiger partial charge is 0.256 e. The highest BCUT2D eigenvalue weighted by Crippen LogP contribution is 2.13. The van der Waals surface area contributed by atoms with Crippen molar-refractivity contribution in [3.05, 3.63) is 45.2 Å². The van der Waals surface area contributed by atoms with E-state index in [0.29, 0.717) is 11.4 Å². The van der Waals surface area contributed by atoms with Gasteiger partial charge < -0.3 is 5.32 Å². The fourth-order valence-electron chi connectivity index (χ4n) is 1.09. The molecule has 0 unspecified atom stereocenters. The Morgan fingerprint density at radius 1 is 1.47 bits per heavy atom. The van der Waals surface area contributed by atoms with Gasteiger partial charge in [0.25, 0.3) is 5.91 Å². The first-order valence-electron chi connectivity index (χ1n) is 4.21. The Kier molecular flexibility index (Phi) is 3.13. The lowest BCUT2D eigenvalue weighted by Crippen LogP contribution is -2.11. The molecule has 0 saturated carbocycles. The number of thiazole rings is 1. The number of nitrogens with one attached hydrogen (secondary N) is 1. The lowest BCUT2D eigenvalue weighted by Gasteiger charge is -2.01. The highest BCUT2D eigenvalue weighted by molar-refractivity contribution is 9.10. The maximum absolute atomic E-state index is 11.7. The van der Waals surface area contributed by atoms with Crippen molar-refractivity contribution >= 4 is 39.0 Å². The van der Waals surface area contributed by atoms with Crippen molar-refractivity contribution in [1.29, 1.82) is 0 Å². The van der Waals surface area contributed by atoms with Crippen molar-refractivity contribution in [2.24, 2.45) is 0 Å². The third-order valence-corrected chi connectivity index (χ3v) is 2.84. The molecular formula is C10H7BrN2OS. The van der Waals surface area contributed by atoms with Gasteiger partial charge in [0.05, 0.1) is 5.51 Å². The molecule has 0 spiro atoms. The fraction of sp³-hybridized carbons (Fsp3) is 0. The van der Waals surface area contributed by atoms with Crippen molar-refractivity contribution in [3.63, 3.8) is 0 Å². The second-order valence-electron chi connectivity index (χ2n) is 2.84. The van der Waals surface area contributed by atoms with E-state index in [2.05, 4.69) is 26.2 Å². The number of rotatable bonds is 2. The number of benzene rings is 1. The zero-order valence-electron chi connectivity index (χ0n) is 7.61. The minimum Gasteiger partial charge on any atom is -0.306 e. The maximum atomic E-state index is 11.7. The van der Waals surface area contributed by atoms with Gasteiger partial charge in [0.2, 0.25) is 0 Å². The van der Waals surface area contributed by atoms with Crippen LogP contribution in [-0.4, -0.2) is 10.9 Å². The molecule has 0 aliphatic carbocycles. The molecular weight excluding hydrogens is 276 g/mol. The molecule has 0 radical (unpaired) electrons. The SMILES string of the molecule is O=C(Nc1cscn1)c1cccc(Br)c1. The predicted octanol–water partition coefficient (Wildman–Crippen LogP) is 3.16. The van der Waals surface area contributed by atoms with Crippen LogP contribution in [0.1, 0.15) is 10.4 Å². The summed E-state index contributed by atoms with van der Waals surface area (Å²) >= 11 is 4.76. The summed E-state index contributed by atoms with van der Waals surface area (Å²) in [6.45, 7) is 0. The van der Waals surface area contributed by atoms with E-state index >= 15 is 0 Å². The van der Waals surface area contributed by atoms with Crippen LogP contribution < -0.4 is 5.32 Å². The van der Waals surface area contributed by atoms with Crippen LogP contribution in [-0.2, 0) is 0 Å². The molecule has 0 bridgehead atoms. The van der Waals surface area contributed by atoms with Gasteiger partial charge in [0, 0.05) is 15.4 Å². The number of nitrogens with zero attached hydrogens (tertiary/aromatic N) is 1. The Labute approximate surface area is 99.3 Å². The van der Waals surface area contributed by atoms with Gasteiger partial charge in [-0.15, -0.1) is 11.3 Å². The average molecular weight is 283 g/mol. The van der Waals surface area contributed by atoms with Gasteiger partial charge in [-0.25, -0.2) is 4.98 Å². The molecule has 0 saturated heterocycles. The summed E-state index contributed by atoms with van der Waals surface area (Å²) < 4.78 is 0.883. The highest BCUT2D eigenvalue weighted by Gasteiger charge is 2.06. The van der Waals surface area contributed by atoms with E-state index in [0.717, 1.165) is 4.47 Å². The first kappa shape index (κ1) is 10.3. The summed E-state index contributed by atoms with van der Waals surface area (Å²) in [6.07, 6.45) is 0. The Balaban J connectivity index is 2.15. The quantitative estimate of drug-likeness (QED) is 0.919. The van der Waals surface area contributed by atoms with E-state index in [-0.39, 0.29) is 5.91 Å². The molecule has 1 aromatic heterocycles. The molecule has 1 N–H and O–H groups in total. The molecule has 2 rings (SSSR count). The molecule has 1 aromatic carbocycles. The molecule has 5 heteroatoms. The number of aromatic nitrogens is 1. The van der Waals surface area contributed by atoms with Gasteiger partial charge in [-0.2, -0.15) is 0 Å². The number of halogens is 1. The summed E-state index contributed by atoms with van der Waals surface area (Å²) in [6, 6.07) is 7.22. The molecule has 1 heterocycles. The second kappa shape index (κ2) is 4.55. The Hall–Kier alpha value is -1.20. The second-order valence-corrected chi connectivity index (χ2v) is 4.47. The van der Waals surface area contributed by atoms with Crippen molar-refractivity contribution in [3.8, 4) is 0 Å². The van der Waals surface area contributed by atoms with Crippen LogP contribution in [0.15, 0.2) is 39.6 Å². The molecule has 3 nitrogen and oxygen atoms in total. The lowest BCUT2D eigenvalue weighted by molar-refractivity contribution is 0.102. The standard InChI is InChI=1S/C10H7BrN2OS/c11-8-3-1-2-7(4-8)10(14)13-9-5-15-6-12-9/h1-6H,(H,13,14). The number of carbonyl (C=O) groups excluding carboxylic acids is 1. The summed E-state index contributed by atoms with van der Waals surface area (Å²) in [5, 5.41) is 4.49. The van der Waals surface area contributed by atoms with Gasteiger partial charge in [0.1, 0.15) is 5.82 Å². The van der Waals surface area contributed by atoms with E-state index in [1.807, 2.05) is 12.1 Å². The largest absolute Gasteiger partial charge is 0.306 e. The van der Waals surface area contributed by atoms with Gasteiger partial charge in [-0.3, -0.25) is 4.79 Å². The maximum Gasteiger partial charge on any atom is 0.256 e. The van der Waals surface area contributed by atoms with Crippen LogP contribution in [0.25, 0.3) is 0 Å². The zero-order valence-corrected chi connectivity index (χ0v) is 10.0. The van der Waals surface area contributed by atoms with Crippen molar-refractivity contribution < 1.29 is 4.79 Å². The third kappa shape index (κ3) is 2.64. The van der Waals surface area contributed by atoms with Crippen LogP contribution >= 0.6 is 27.3 Å². The number of hydrogen-bond donors (Lipinski definition) is 1. The summed E-state index contributed by atoms with van der Waals surface area (Å²) in [7, 11) is 0. The van der Waals surface area contributed by atoms with E-state index in [4.69, 9.17) is 0 Å². The normalized spacial score (nSPS) is 9.93. The molecule has 15 heavy (non-hydrogen) atoms. The van der Waals surface area contributed by atoms with Gasteiger partial charge in [-0.05, 0) is 18.2 Å². The number of carbonyl (C=O) groups is 1. The van der Waals surface area contributed by atoms with E-state index in [1.54, 1.807) is 23.0 Å². The Bertz CT molecular complexity index is 470. The highest BCUT2D eigenvalue weighted by atomic mass is 79.9. The molecule has 2 aromatic rings. The van der Waals surface area contributed by atoms with E-state index in [1.165, 1.54) is 11.3 Å². The van der Waals surface area contributed by atoms with Crippen LogP contribution in [0.3, 0.4) is 0 Å². The molecule has 0 aliphatic heterocycles. The van der Waals surface area contributed by atoms with Crippen molar-refractivity contribution in [1.82, 2.24) is 4.98 Å². The van der Waals surface area contributed by atoms with Gasteiger partial charge in [0.15, 0.2) is 0 Å². The molecule has 76 valence electrons. The molecule has 1 amide bonds. The minimum absolute atomic E-state index is 0.151. The van der Waals surface area contributed by atoms with Gasteiger partial charge in [-0.1, -0.05) is 22.0 Å². The van der Waals surface area contributed by atoms with Crippen molar-refractivity contribution in [2.45, 2.75) is 0 Å². The monoisotopic (exact) mass is 282 g/mol. The number of anilines is 1. The minimum atomic E-state index is -0.151. The fourth-order valence-corrected chi connectivity index (χ4v) is 1.98. The van der Waals surface area contributed by atoms with E-state index in [9.17, 15) is 4.79 Å². The molecule has 0 fully saturated rings. The Morgan fingerprint density at radius 3 is 3.00 bits per heavy atom. The van der Waals surface area contributed by atoms with Crippen molar-refractivity contribution in [2.75, 3.05) is 5.32 Å². The van der Waals surface area contributed by atoms with Crippen LogP contribution in [0, 0.1) is 0 Å². The molecule has 0 atom stereocenters. The van der Waals surface area contributed by atoms with Gasteiger partial charge >= 0.3 is 0 Å². The van der Waals surface area contributed by atoms with E-state index < -0.39 is 0 Å². The van der Waals surface area contributed by atoms with Crippen LogP contribution in [0.4, 0.5) is 5.82 Å². The summed E-state index contributed by atoms with van der Waals surface area (Å²) in [5.41, 5.74) is 2.29. The topological polar surface area (TPSA) is 42.0 Å². The van der Waals surface area contributed by atoms with Crippen LogP contribution in [0.5, 0.6) is 0 Å². The molecule has 0 aliphatic rings. The summed E-state index contributed by atoms with van der Waals surface area (Å²) in [5.74, 6) is 0.437. The first-order valence-corrected chi connectivity index (χ1v) is 5.94. The number of hydrogen-bond acceptors (Lipinski definition) is 3. The summed E-state index contributed by atoms with van der Waals surface area (Å²) in [4.78, 5) is 15.7. The third-order valence-electron chi connectivity index (χ3n) is 1.76.